The van der Waals surface area contributed by atoms with Gasteiger partial charge in [0.15, 0.2) is 5.96 Å². The maximum absolute atomic E-state index is 5.76. The summed E-state index contributed by atoms with van der Waals surface area (Å²) in [5.41, 5.74) is -0.0491. The molecule has 1 aromatic carbocycles. The summed E-state index contributed by atoms with van der Waals surface area (Å²) in [4.78, 5) is 8.80. The number of oxazole rings is 1. The minimum atomic E-state index is -0.0491. The van der Waals surface area contributed by atoms with Crippen LogP contribution in [-0.4, -0.2) is 30.6 Å². The third kappa shape index (κ3) is 6.49. The molecular formula is C19H28N4O2. The number of hydrogen-bond donors (Lipinski definition) is 2. The highest BCUT2D eigenvalue weighted by molar-refractivity contribution is 5.79. The molecule has 6 nitrogen and oxygen atoms in total. The minimum Gasteiger partial charge on any atom is -0.492 e. The van der Waals surface area contributed by atoms with E-state index < -0.39 is 0 Å². The predicted octanol–water partition coefficient (Wildman–Crippen LogP) is 3.11. The highest BCUT2D eigenvalue weighted by Crippen LogP contribution is 2.22. The molecule has 0 spiro atoms. The van der Waals surface area contributed by atoms with Gasteiger partial charge in [0.1, 0.15) is 24.7 Å². The van der Waals surface area contributed by atoms with Crippen molar-refractivity contribution in [3.05, 3.63) is 48.2 Å². The molecule has 0 saturated heterocycles. The number of para-hydroxylation sites is 1. The van der Waals surface area contributed by atoms with Crippen LogP contribution >= 0.6 is 0 Å². The van der Waals surface area contributed by atoms with Crippen LogP contribution in [-0.2, 0) is 12.0 Å². The number of guanidine groups is 1. The molecule has 2 N–H and O–H groups in total. The molecule has 0 aliphatic heterocycles. The summed E-state index contributed by atoms with van der Waals surface area (Å²) in [5.74, 6) is 3.06. The number of nitrogens with zero attached hydrogens (tertiary/aromatic N) is 2. The fourth-order valence-corrected chi connectivity index (χ4v) is 2.07. The van der Waals surface area contributed by atoms with E-state index in [1.807, 2.05) is 37.3 Å². The van der Waals surface area contributed by atoms with Gasteiger partial charge in [-0.3, -0.25) is 0 Å². The van der Waals surface area contributed by atoms with E-state index in [1.165, 1.54) is 0 Å². The van der Waals surface area contributed by atoms with Gasteiger partial charge < -0.3 is 19.8 Å². The first-order valence-electron chi connectivity index (χ1n) is 8.64. The molecule has 0 bridgehead atoms. The number of aromatic nitrogens is 1. The molecule has 0 aliphatic rings. The molecule has 0 aliphatic carbocycles. The Morgan fingerprint density at radius 3 is 2.60 bits per heavy atom. The summed E-state index contributed by atoms with van der Waals surface area (Å²) in [6.07, 6.45) is 1.78. The van der Waals surface area contributed by atoms with Crippen LogP contribution in [0.2, 0.25) is 0 Å². The van der Waals surface area contributed by atoms with Gasteiger partial charge in [0, 0.05) is 12.0 Å². The van der Waals surface area contributed by atoms with Crippen LogP contribution in [0.25, 0.3) is 0 Å². The lowest BCUT2D eigenvalue weighted by Crippen LogP contribution is -2.39. The van der Waals surface area contributed by atoms with Crippen LogP contribution in [0.1, 0.15) is 39.3 Å². The van der Waals surface area contributed by atoms with E-state index in [4.69, 9.17) is 9.15 Å². The van der Waals surface area contributed by atoms with Crippen LogP contribution in [0.4, 0.5) is 0 Å². The van der Waals surface area contributed by atoms with Crippen LogP contribution in [0.5, 0.6) is 5.75 Å². The van der Waals surface area contributed by atoms with Gasteiger partial charge in [0.25, 0.3) is 0 Å². The molecule has 0 saturated carbocycles. The Morgan fingerprint density at radius 1 is 1.20 bits per heavy atom. The zero-order valence-electron chi connectivity index (χ0n) is 15.5. The van der Waals surface area contributed by atoms with Crippen molar-refractivity contribution in [3.63, 3.8) is 0 Å². The Balaban J connectivity index is 1.82. The number of hydrogen-bond acceptors (Lipinski definition) is 4. The highest BCUT2D eigenvalue weighted by atomic mass is 16.5. The Bertz CT molecular complexity index is 660. The zero-order valence-corrected chi connectivity index (χ0v) is 15.5. The quantitative estimate of drug-likeness (QED) is 0.459. The van der Waals surface area contributed by atoms with E-state index >= 15 is 0 Å². The van der Waals surface area contributed by atoms with Crippen molar-refractivity contribution in [1.29, 1.82) is 0 Å². The second-order valence-electron chi connectivity index (χ2n) is 6.65. The van der Waals surface area contributed by atoms with Gasteiger partial charge in [-0.1, -0.05) is 39.0 Å². The first kappa shape index (κ1) is 18.8. The van der Waals surface area contributed by atoms with Gasteiger partial charge in [-0.25, -0.2) is 9.98 Å². The monoisotopic (exact) mass is 344 g/mol. The molecule has 1 heterocycles. The fourth-order valence-electron chi connectivity index (χ4n) is 2.07. The maximum Gasteiger partial charge on any atom is 0.216 e. The van der Waals surface area contributed by atoms with Crippen molar-refractivity contribution >= 4 is 5.96 Å². The summed E-state index contributed by atoms with van der Waals surface area (Å²) in [6, 6.07) is 9.76. The largest absolute Gasteiger partial charge is 0.492 e. The number of benzene rings is 1. The maximum atomic E-state index is 5.76. The molecule has 136 valence electrons. The molecule has 0 unspecified atom stereocenters. The Kier molecular flexibility index (Phi) is 6.86. The zero-order chi connectivity index (χ0) is 18.1. The highest BCUT2D eigenvalue weighted by Gasteiger charge is 2.18. The van der Waals surface area contributed by atoms with E-state index in [1.54, 1.807) is 6.20 Å². The molecule has 25 heavy (non-hydrogen) atoms. The molecule has 1 aromatic heterocycles. The molecular weight excluding hydrogens is 316 g/mol. The Labute approximate surface area is 149 Å². The number of ether oxygens (including phenoxy) is 1. The van der Waals surface area contributed by atoms with Crippen molar-refractivity contribution in [1.82, 2.24) is 15.6 Å². The molecule has 2 rings (SSSR count). The summed E-state index contributed by atoms with van der Waals surface area (Å²) < 4.78 is 11.4. The van der Waals surface area contributed by atoms with E-state index in [0.717, 1.165) is 24.0 Å². The second-order valence-corrected chi connectivity index (χ2v) is 6.65. The van der Waals surface area contributed by atoms with E-state index in [0.29, 0.717) is 25.6 Å². The molecule has 0 atom stereocenters. The van der Waals surface area contributed by atoms with E-state index in [-0.39, 0.29) is 5.41 Å². The van der Waals surface area contributed by atoms with Gasteiger partial charge in [0.2, 0.25) is 5.89 Å². The minimum absolute atomic E-state index is 0.0491. The lowest BCUT2D eigenvalue weighted by Gasteiger charge is -2.13. The molecule has 6 heteroatoms. The lowest BCUT2D eigenvalue weighted by atomic mass is 9.94. The average Bonchev–Trinajstić information content (AvgIpc) is 3.07. The second kappa shape index (κ2) is 9.11. The summed E-state index contributed by atoms with van der Waals surface area (Å²) in [5, 5.41) is 6.45. The van der Waals surface area contributed by atoms with Crippen LogP contribution in [0, 0.1) is 0 Å². The molecule has 0 radical (unpaired) electrons. The van der Waals surface area contributed by atoms with Gasteiger partial charge in [-0.2, -0.15) is 0 Å². The van der Waals surface area contributed by atoms with Crippen molar-refractivity contribution in [2.75, 3.05) is 19.7 Å². The van der Waals surface area contributed by atoms with Gasteiger partial charge in [-0.05, 0) is 19.1 Å². The van der Waals surface area contributed by atoms with Crippen LogP contribution in [0.3, 0.4) is 0 Å². The first-order valence-corrected chi connectivity index (χ1v) is 8.64. The van der Waals surface area contributed by atoms with Crippen LogP contribution in [0.15, 0.2) is 45.9 Å². The third-order valence-electron chi connectivity index (χ3n) is 3.42. The number of rotatable bonds is 7. The average molecular weight is 344 g/mol. The van der Waals surface area contributed by atoms with E-state index in [2.05, 4.69) is 41.4 Å². The van der Waals surface area contributed by atoms with Gasteiger partial charge in [-0.15, -0.1) is 0 Å². The van der Waals surface area contributed by atoms with E-state index in [9.17, 15) is 0 Å². The summed E-state index contributed by atoms with van der Waals surface area (Å²) in [7, 11) is 0. The normalized spacial score (nSPS) is 12.1. The topological polar surface area (TPSA) is 71.7 Å². The van der Waals surface area contributed by atoms with Gasteiger partial charge >= 0.3 is 0 Å². The summed E-state index contributed by atoms with van der Waals surface area (Å²) >= 11 is 0. The van der Waals surface area contributed by atoms with Crippen molar-refractivity contribution in [3.8, 4) is 5.75 Å². The first-order chi connectivity index (χ1) is 12.0. The van der Waals surface area contributed by atoms with Gasteiger partial charge in [0.05, 0.1) is 12.7 Å². The molecule has 2 aromatic rings. The van der Waals surface area contributed by atoms with Crippen LogP contribution < -0.4 is 15.4 Å². The number of nitrogens with one attached hydrogen (secondary N) is 2. The predicted molar refractivity (Wildman–Crippen MR) is 100.0 cm³/mol. The lowest BCUT2D eigenvalue weighted by molar-refractivity contribution is 0.322. The summed E-state index contributed by atoms with van der Waals surface area (Å²) in [6.45, 7) is 10.7. The van der Waals surface area contributed by atoms with Crippen molar-refractivity contribution in [2.45, 2.75) is 39.7 Å². The standard InChI is InChI=1S/C19H28N4O2/c1-5-20-18(21-11-12-24-15-9-7-6-8-10-15)23-14-17-22-13-16(25-17)19(2,3)4/h6-10,13H,5,11-12,14H2,1-4H3,(H2,20,21,23). The Morgan fingerprint density at radius 2 is 1.96 bits per heavy atom. The van der Waals surface area contributed by atoms with Crippen molar-refractivity contribution in [2.24, 2.45) is 4.99 Å². The Hall–Kier alpha value is -2.50. The molecule has 0 amide bonds. The SMILES string of the molecule is CCNC(=NCc1ncc(C(C)(C)C)o1)NCCOc1ccccc1. The molecule has 0 fully saturated rings. The smallest absolute Gasteiger partial charge is 0.216 e. The third-order valence-corrected chi connectivity index (χ3v) is 3.42. The van der Waals surface area contributed by atoms with Crippen molar-refractivity contribution < 1.29 is 9.15 Å². The number of aliphatic imine (C=N–C) groups is 1. The fraction of sp³-hybridized carbons (Fsp3) is 0.474.